The van der Waals surface area contributed by atoms with Crippen LogP contribution in [0.5, 0.6) is 0 Å². The Morgan fingerprint density at radius 1 is 0.536 bits per heavy atom. The Morgan fingerprint density at radius 2 is 0.911 bits per heavy atom. The average Bonchev–Trinajstić information content (AvgIpc) is 3.53. The molecule has 2 aliphatic rings. The second-order valence-electron chi connectivity index (χ2n) is 12.3. The van der Waals surface area contributed by atoms with Gasteiger partial charge < -0.3 is 56.8 Å². The number of hydrogen-bond donors (Lipinski definition) is 0. The lowest BCUT2D eigenvalue weighted by molar-refractivity contribution is -0.310. The standard InChI is InChI=1S/C33H45N3O20/c1-15(37)46-13-24-26(49-17(3)39)28(51-19(5)41)30(53-21(7)43)32(55-24)45-10-9-36-11-23(34-35-36)12-48-33-31(54-22(8)44)29(52-20(6)42)27(50-18(4)40)25(56-33)14-47-16(2)38/h11,24-33H,9-10,12-14H2,1-8H3/t24-,25-,26-,27-,28+,29+,30+,31+,32+,33+/m1/s1. The van der Waals surface area contributed by atoms with E-state index in [-0.39, 0.29) is 25.5 Å². The predicted octanol–water partition coefficient (Wildman–Crippen LogP) is -1.02. The molecular formula is C33H45N3O20. The van der Waals surface area contributed by atoms with Crippen LogP contribution in [0.4, 0.5) is 0 Å². The summed E-state index contributed by atoms with van der Waals surface area (Å²) in [5.74, 6) is -6.19. The van der Waals surface area contributed by atoms with E-state index in [0.29, 0.717) is 0 Å². The molecule has 0 saturated carbocycles. The molecule has 0 N–H and O–H groups in total. The summed E-state index contributed by atoms with van der Waals surface area (Å²) in [5.41, 5.74) is 0.213. The molecule has 3 heterocycles. The molecule has 0 radical (unpaired) electrons. The molecule has 10 atom stereocenters. The zero-order chi connectivity index (χ0) is 41.7. The highest BCUT2D eigenvalue weighted by molar-refractivity contribution is 5.70. The molecular weight excluding hydrogens is 758 g/mol. The van der Waals surface area contributed by atoms with E-state index in [1.807, 2.05) is 0 Å². The molecule has 1 aromatic rings. The summed E-state index contributed by atoms with van der Waals surface area (Å²) in [5, 5.41) is 8.04. The van der Waals surface area contributed by atoms with Gasteiger partial charge in [0.2, 0.25) is 0 Å². The highest BCUT2D eigenvalue weighted by Gasteiger charge is 2.54. The van der Waals surface area contributed by atoms with Gasteiger partial charge in [-0.1, -0.05) is 5.21 Å². The molecule has 0 unspecified atom stereocenters. The van der Waals surface area contributed by atoms with Gasteiger partial charge in [0.1, 0.15) is 31.1 Å². The van der Waals surface area contributed by atoms with Gasteiger partial charge in [-0.15, -0.1) is 5.10 Å². The molecule has 23 heteroatoms. The maximum atomic E-state index is 12.1. The van der Waals surface area contributed by atoms with Gasteiger partial charge in [-0.2, -0.15) is 0 Å². The van der Waals surface area contributed by atoms with Crippen molar-refractivity contribution < 1.29 is 95.2 Å². The Labute approximate surface area is 319 Å². The number of esters is 8. The summed E-state index contributed by atoms with van der Waals surface area (Å²) in [6.45, 7) is 7.42. The monoisotopic (exact) mass is 803 g/mol. The van der Waals surface area contributed by atoms with Crippen LogP contribution in [0.3, 0.4) is 0 Å². The minimum Gasteiger partial charge on any atom is -0.463 e. The highest BCUT2D eigenvalue weighted by atomic mass is 16.7. The van der Waals surface area contributed by atoms with Crippen LogP contribution in [0.25, 0.3) is 0 Å². The van der Waals surface area contributed by atoms with Crippen LogP contribution in [0.1, 0.15) is 61.1 Å². The maximum absolute atomic E-state index is 12.1. The van der Waals surface area contributed by atoms with E-state index in [2.05, 4.69) is 10.3 Å². The Morgan fingerprint density at radius 3 is 1.30 bits per heavy atom. The molecule has 0 aromatic carbocycles. The first kappa shape index (κ1) is 45.1. The van der Waals surface area contributed by atoms with Gasteiger partial charge in [-0.25, -0.2) is 4.68 Å². The minimum absolute atomic E-state index is 0.00107. The molecule has 0 bridgehead atoms. The molecule has 56 heavy (non-hydrogen) atoms. The van der Waals surface area contributed by atoms with E-state index in [1.54, 1.807) is 0 Å². The summed E-state index contributed by atoms with van der Waals surface area (Å²) in [7, 11) is 0. The number of hydrogen-bond acceptors (Lipinski definition) is 22. The molecule has 23 nitrogen and oxygen atoms in total. The molecule has 0 amide bonds. The Bertz CT molecular complexity index is 1580. The van der Waals surface area contributed by atoms with E-state index in [0.717, 1.165) is 55.4 Å². The molecule has 0 spiro atoms. The van der Waals surface area contributed by atoms with Crippen molar-refractivity contribution in [3.05, 3.63) is 11.9 Å². The van der Waals surface area contributed by atoms with Crippen molar-refractivity contribution in [1.82, 2.24) is 15.0 Å². The van der Waals surface area contributed by atoms with Gasteiger partial charge in [0.15, 0.2) is 49.2 Å². The number of carbonyl (C=O) groups excluding carboxylic acids is 8. The molecule has 0 aliphatic carbocycles. The van der Waals surface area contributed by atoms with E-state index in [9.17, 15) is 38.4 Å². The zero-order valence-corrected chi connectivity index (χ0v) is 31.9. The largest absolute Gasteiger partial charge is 0.463 e. The highest BCUT2D eigenvalue weighted by Crippen LogP contribution is 2.32. The number of rotatable bonds is 17. The molecule has 2 aliphatic heterocycles. The van der Waals surface area contributed by atoms with Gasteiger partial charge >= 0.3 is 47.8 Å². The number of carbonyl (C=O) groups is 8. The van der Waals surface area contributed by atoms with E-state index >= 15 is 0 Å². The van der Waals surface area contributed by atoms with Crippen molar-refractivity contribution in [3.8, 4) is 0 Å². The normalized spacial score (nSPS) is 27.1. The van der Waals surface area contributed by atoms with Crippen molar-refractivity contribution in [1.29, 1.82) is 0 Å². The van der Waals surface area contributed by atoms with Crippen molar-refractivity contribution in [3.63, 3.8) is 0 Å². The topological polar surface area (TPSA) is 278 Å². The molecule has 312 valence electrons. The van der Waals surface area contributed by atoms with Crippen LogP contribution in [-0.2, 0) is 108 Å². The maximum Gasteiger partial charge on any atom is 0.303 e. The second-order valence-corrected chi connectivity index (χ2v) is 12.3. The summed E-state index contributed by atoms with van der Waals surface area (Å²) in [6.07, 6.45) is -12.4. The third kappa shape index (κ3) is 14.1. The van der Waals surface area contributed by atoms with Gasteiger partial charge in [0.05, 0.1) is 26.0 Å². The third-order valence-corrected chi connectivity index (χ3v) is 7.48. The third-order valence-electron chi connectivity index (χ3n) is 7.48. The number of nitrogens with zero attached hydrogens (tertiary/aromatic N) is 3. The summed E-state index contributed by atoms with van der Waals surface area (Å²) in [4.78, 5) is 95.4. The van der Waals surface area contributed by atoms with Crippen molar-refractivity contribution in [2.45, 2.75) is 130 Å². The Hall–Kier alpha value is -5.26. The average molecular weight is 804 g/mol. The van der Waals surface area contributed by atoms with Crippen LogP contribution < -0.4 is 0 Å². The van der Waals surface area contributed by atoms with E-state index < -0.39 is 122 Å². The fourth-order valence-corrected chi connectivity index (χ4v) is 5.59. The minimum atomic E-state index is -1.47. The molecule has 2 fully saturated rings. The van der Waals surface area contributed by atoms with Crippen LogP contribution in [0.2, 0.25) is 0 Å². The first-order valence-electron chi connectivity index (χ1n) is 17.1. The van der Waals surface area contributed by atoms with Gasteiger partial charge in [0, 0.05) is 55.4 Å². The van der Waals surface area contributed by atoms with Gasteiger partial charge in [-0.3, -0.25) is 38.4 Å². The number of ether oxygens (including phenoxy) is 12. The quantitative estimate of drug-likeness (QED) is 0.135. The zero-order valence-electron chi connectivity index (χ0n) is 31.9. The van der Waals surface area contributed by atoms with Gasteiger partial charge in [-0.05, 0) is 0 Å². The van der Waals surface area contributed by atoms with Crippen molar-refractivity contribution in [2.24, 2.45) is 0 Å². The first-order valence-corrected chi connectivity index (χ1v) is 17.1. The van der Waals surface area contributed by atoms with Crippen LogP contribution >= 0.6 is 0 Å². The molecule has 2 saturated heterocycles. The predicted molar refractivity (Wildman–Crippen MR) is 175 cm³/mol. The van der Waals surface area contributed by atoms with Crippen LogP contribution in [-0.4, -0.2) is 144 Å². The fraction of sp³-hybridized carbons (Fsp3) is 0.697. The van der Waals surface area contributed by atoms with E-state index in [1.165, 1.54) is 10.9 Å². The smallest absolute Gasteiger partial charge is 0.303 e. The van der Waals surface area contributed by atoms with Crippen LogP contribution in [0, 0.1) is 0 Å². The summed E-state index contributed by atoms with van der Waals surface area (Å²) < 4.78 is 67.3. The Balaban J connectivity index is 1.77. The first-order chi connectivity index (χ1) is 26.3. The lowest BCUT2D eigenvalue weighted by Crippen LogP contribution is -2.63. The van der Waals surface area contributed by atoms with Gasteiger partial charge in [0.25, 0.3) is 0 Å². The summed E-state index contributed by atoms with van der Waals surface area (Å²) >= 11 is 0. The van der Waals surface area contributed by atoms with Crippen molar-refractivity contribution >= 4 is 47.8 Å². The van der Waals surface area contributed by atoms with E-state index in [4.69, 9.17) is 56.8 Å². The Kier molecular flexibility index (Phi) is 17.0. The lowest BCUT2D eigenvalue weighted by atomic mass is 9.98. The van der Waals surface area contributed by atoms with Crippen molar-refractivity contribution in [2.75, 3.05) is 19.8 Å². The molecule has 1 aromatic heterocycles. The SMILES string of the molecule is CC(=O)OC[C@H]1O[C@H](OCCn2cc(CO[C@H]3O[C@H](COC(C)=O)[C@@H](OC(C)=O)[C@H](OC(C)=O)[C@@H]3OC(C)=O)nn2)[C@@H](OC(C)=O)[C@@H](OC(C)=O)[C@@H]1OC(C)=O. The lowest BCUT2D eigenvalue weighted by Gasteiger charge is -2.44. The number of aromatic nitrogens is 3. The molecule has 3 rings (SSSR count). The second kappa shape index (κ2) is 21.2. The summed E-state index contributed by atoms with van der Waals surface area (Å²) in [6, 6.07) is 0. The van der Waals surface area contributed by atoms with Crippen LogP contribution in [0.15, 0.2) is 6.20 Å². The fourth-order valence-electron chi connectivity index (χ4n) is 5.59.